The molecular weight excluding hydrogens is 1440 g/mol. The second-order valence-corrected chi connectivity index (χ2v) is 29.5. The molecule has 0 heterocycles. The van der Waals surface area contributed by atoms with Gasteiger partial charge in [0.1, 0.15) is 60.1 Å². The Morgan fingerprint density at radius 2 is 0.616 bits per heavy atom. The molecule has 12 amide bonds. The molecule has 36 heteroatoms. The van der Waals surface area contributed by atoms with Crippen molar-refractivity contribution in [1.82, 2.24) is 58.5 Å². The molecule has 0 saturated carbocycles. The van der Waals surface area contributed by atoms with Crippen LogP contribution in [-0.4, -0.2) is 212 Å². The normalized spacial score (nSPS) is 14.2. The van der Waals surface area contributed by atoms with Crippen LogP contribution in [0, 0.1) is 11.8 Å². The highest BCUT2D eigenvalue weighted by Gasteiger charge is 2.36. The molecule has 0 aliphatic carbocycles. The number of unbranched alkanes of at least 4 members (excludes halogenated alkanes) is 8. The average Bonchev–Trinajstić information content (AvgIpc) is 0.849. The highest BCUT2D eigenvalue weighted by atomic mass is 16.4. The lowest BCUT2D eigenvalue weighted by Crippen LogP contribution is -2.60. The topological polar surface area (TPSA) is 632 Å². The molecular formula is C76H135BN20O15. The molecule has 35 nitrogen and oxygen atoms in total. The highest BCUT2D eigenvalue weighted by Crippen LogP contribution is 2.17. The van der Waals surface area contributed by atoms with Crippen molar-refractivity contribution in [3.05, 3.63) is 59.7 Å². The van der Waals surface area contributed by atoms with E-state index in [9.17, 15) is 63.1 Å². The predicted octanol–water partition coefficient (Wildman–Crippen LogP) is -3.13. The van der Waals surface area contributed by atoms with Gasteiger partial charge in [0.15, 0.2) is 0 Å². The second kappa shape index (κ2) is 57.6. The molecule has 0 aromatic heterocycles. The van der Waals surface area contributed by atoms with E-state index in [-0.39, 0.29) is 132 Å². The van der Waals surface area contributed by atoms with Gasteiger partial charge in [0.2, 0.25) is 65.0 Å². The number of nitrogens with one attached hydrogen (secondary N) is 11. The van der Waals surface area contributed by atoms with E-state index in [1.165, 1.54) is 36.4 Å². The van der Waals surface area contributed by atoms with Crippen molar-refractivity contribution in [1.29, 1.82) is 0 Å². The molecule has 0 fully saturated rings. The summed E-state index contributed by atoms with van der Waals surface area (Å²) < 4.78 is 0. The lowest BCUT2D eigenvalue weighted by molar-refractivity contribution is -0.136. The summed E-state index contributed by atoms with van der Waals surface area (Å²) in [6.45, 7) is 9.24. The highest BCUT2D eigenvalue weighted by molar-refractivity contribution is 6.58. The number of amides is 12. The Balaban J connectivity index is 2.72. The van der Waals surface area contributed by atoms with Gasteiger partial charge in [0, 0.05) is 25.1 Å². The van der Waals surface area contributed by atoms with Crippen LogP contribution in [0.1, 0.15) is 211 Å². The third-order valence-corrected chi connectivity index (χ3v) is 18.8. The largest absolute Gasteiger partial charge is 0.508 e. The maximum atomic E-state index is 15.2. The first-order valence-corrected chi connectivity index (χ1v) is 40.0. The number of phenolic OH excluding ortho intramolecular Hbond substituents is 1. The van der Waals surface area contributed by atoms with Gasteiger partial charge >= 0.3 is 7.12 Å². The van der Waals surface area contributed by atoms with Crippen molar-refractivity contribution in [2.45, 2.75) is 268 Å². The average molecular weight is 1580 g/mol. The van der Waals surface area contributed by atoms with E-state index in [1.807, 2.05) is 0 Å². The minimum Gasteiger partial charge on any atom is -0.508 e. The van der Waals surface area contributed by atoms with Crippen molar-refractivity contribution in [3.63, 3.8) is 0 Å². The Morgan fingerprint density at radius 1 is 0.339 bits per heavy atom. The van der Waals surface area contributed by atoms with Crippen LogP contribution >= 0.6 is 0 Å². The van der Waals surface area contributed by atoms with Gasteiger partial charge in [0.25, 0.3) is 5.91 Å². The van der Waals surface area contributed by atoms with Crippen LogP contribution in [0.25, 0.3) is 0 Å². The lowest BCUT2D eigenvalue weighted by atomic mass is 9.80. The van der Waals surface area contributed by atoms with Crippen LogP contribution < -0.4 is 116 Å². The molecule has 0 spiro atoms. The van der Waals surface area contributed by atoms with Crippen LogP contribution in [0.2, 0.25) is 0 Å². The number of primary amides is 1. The first kappa shape index (κ1) is 99.6. The molecule has 0 saturated heterocycles. The van der Waals surface area contributed by atoms with Gasteiger partial charge in [0.05, 0.1) is 12.1 Å². The zero-order valence-corrected chi connectivity index (χ0v) is 66.4. The molecule has 2 aromatic carbocycles. The van der Waals surface area contributed by atoms with Crippen molar-refractivity contribution in [3.8, 4) is 5.75 Å². The summed E-state index contributed by atoms with van der Waals surface area (Å²) in [6, 6.07) is -1.82. The quantitative estimate of drug-likeness (QED) is 0.0230. The van der Waals surface area contributed by atoms with E-state index in [0.717, 1.165) is 0 Å². The van der Waals surface area contributed by atoms with Crippen molar-refractivity contribution < 1.29 is 72.7 Å². The van der Waals surface area contributed by atoms with Crippen LogP contribution in [0.5, 0.6) is 5.75 Å². The van der Waals surface area contributed by atoms with Gasteiger partial charge in [-0.25, -0.2) is 0 Å². The molecule has 0 bridgehead atoms. The molecule has 112 heavy (non-hydrogen) atoms. The Hall–Kier alpha value is -8.46. The van der Waals surface area contributed by atoms with Crippen LogP contribution in [0.4, 0.5) is 0 Å². The van der Waals surface area contributed by atoms with Crippen LogP contribution in [0.15, 0.2) is 48.5 Å². The fraction of sp³-hybridized carbons (Fsp3) is 0.684. The van der Waals surface area contributed by atoms with Crippen molar-refractivity contribution in [2.24, 2.45) is 63.4 Å². The molecule has 2 rings (SSSR count). The maximum Gasteiger partial charge on any atom is 0.488 e. The van der Waals surface area contributed by atoms with E-state index in [1.54, 1.807) is 39.8 Å². The Morgan fingerprint density at radius 3 is 0.929 bits per heavy atom. The van der Waals surface area contributed by atoms with Crippen LogP contribution in [-0.2, 0) is 59.2 Å². The fourth-order valence-corrected chi connectivity index (χ4v) is 12.2. The summed E-state index contributed by atoms with van der Waals surface area (Å²) in [4.78, 5) is 169. The number of aromatic hydroxyl groups is 1. The summed E-state index contributed by atoms with van der Waals surface area (Å²) in [7, 11) is -1.75. The molecule has 632 valence electrons. The summed E-state index contributed by atoms with van der Waals surface area (Å²) in [5, 5.41) is 59.6. The molecule has 11 atom stereocenters. The van der Waals surface area contributed by atoms with Gasteiger partial charge in [-0.1, -0.05) is 64.8 Å². The van der Waals surface area contributed by atoms with Gasteiger partial charge in [-0.05, 0) is 240 Å². The summed E-state index contributed by atoms with van der Waals surface area (Å²) >= 11 is 0. The zero-order chi connectivity index (χ0) is 83.5. The predicted molar refractivity (Wildman–Crippen MR) is 430 cm³/mol. The van der Waals surface area contributed by atoms with E-state index in [4.69, 9.17) is 51.6 Å². The van der Waals surface area contributed by atoms with Crippen LogP contribution in [0.3, 0.4) is 0 Å². The number of nitrogens with two attached hydrogens (primary N) is 9. The third kappa shape index (κ3) is 41.4. The lowest BCUT2D eigenvalue weighted by Gasteiger charge is -2.29. The first-order chi connectivity index (χ1) is 53.4. The van der Waals surface area contributed by atoms with Gasteiger partial charge < -0.3 is 125 Å². The van der Waals surface area contributed by atoms with E-state index in [2.05, 4.69) is 58.5 Å². The van der Waals surface area contributed by atoms with E-state index < -0.39 is 144 Å². The zero-order valence-electron chi connectivity index (χ0n) is 66.4. The second-order valence-electron chi connectivity index (χ2n) is 29.5. The molecule has 2 aromatic rings. The minimum absolute atomic E-state index is 0.00514. The number of benzene rings is 2. The summed E-state index contributed by atoms with van der Waals surface area (Å²) in [6.07, 6.45) is 7.79. The molecule has 0 unspecified atom stereocenters. The van der Waals surface area contributed by atoms with E-state index in [0.29, 0.717) is 128 Å². The first-order valence-electron chi connectivity index (χ1n) is 40.0. The SMILES string of the molecule is CC(C)C[C@H](NC(=O)[C@H](CCCCNC(=O)c1ccc(B(O)O)cc1)NC(=O)[C@H](CC(C)C)NC(=O)[C@H](CCCCNC(=O)[C@H](CCCCN)NC(=O)[C@H](CCCCN)NC(=O)[C@@H](N)CCCCN)NC(=O)[C@H](CCCCN)NC(=O)[C@H](CCCCN)NC(=O)[C@@H](N)CCCCN)C(=O)N[C@@H](Cc1ccc(O)cc1)C(N)=O. The maximum absolute atomic E-state index is 15.2. The summed E-state index contributed by atoms with van der Waals surface area (Å²) in [5.41, 5.74) is 53.8. The number of phenols is 1. The molecule has 0 aliphatic heterocycles. The van der Waals surface area contributed by atoms with Gasteiger partial charge in [-0.2, -0.15) is 0 Å². The smallest absolute Gasteiger partial charge is 0.488 e. The molecule has 0 aliphatic rings. The molecule has 32 N–H and O–H groups in total. The minimum atomic E-state index is -1.75. The van der Waals surface area contributed by atoms with Crippen molar-refractivity contribution >= 4 is 83.5 Å². The molecule has 0 radical (unpaired) electrons. The monoisotopic (exact) mass is 1580 g/mol. The number of carbonyl (C=O) groups excluding carboxylic acids is 12. The van der Waals surface area contributed by atoms with Gasteiger partial charge in [-0.3, -0.25) is 57.5 Å². The Bertz CT molecular complexity index is 3140. The number of carbonyl (C=O) groups is 12. The van der Waals surface area contributed by atoms with Gasteiger partial charge in [-0.15, -0.1) is 0 Å². The number of hydrogen-bond acceptors (Lipinski definition) is 23. The number of rotatable bonds is 62. The summed E-state index contributed by atoms with van der Waals surface area (Å²) in [5.74, 6) is -9.06. The Kier molecular flexibility index (Phi) is 51.2. The fourth-order valence-electron chi connectivity index (χ4n) is 12.2. The standard InChI is InChI=1S/C76H135BN20O15/c1-48(2)45-63(75(109)94-61(28-11-19-43-87-66(100)51-31-33-52(34-32-51)77(111)112)74(108)97-64(46-49(3)4)76(110)95-62(65(86)99)47-50-29-35-53(98)36-30-50)96-73(107)60(93-72(106)59(26-10-18-42-83)92-71(105)58(25-9-17-41-82)90-68(102)55(85)22-6-14-38-79)27-12-20-44-88-69(103)56(23-7-15-39-80)91-70(104)57(24-8-16-40-81)89-67(101)54(84)21-5-13-37-78/h29-36,48-49,54-64,98,111-112H,5-28,37-47,78-85H2,1-4H3,(H2,86,99)(H,87,100)(H,88,103)(H,89,101)(H,90,102)(H,91,104)(H,92,105)(H,93,106)(H,94,109)(H,95,110)(H,96,107)(H,97,108)/t54-,55-,56-,57-,58-,59-,60-,61-,62-,63-,64-/m0/s1. The Labute approximate surface area is 660 Å². The third-order valence-electron chi connectivity index (χ3n) is 18.8. The van der Waals surface area contributed by atoms with E-state index >= 15 is 9.59 Å². The number of hydrogen-bond donors (Lipinski definition) is 23. The van der Waals surface area contributed by atoms with Crippen molar-refractivity contribution in [2.75, 3.05) is 52.4 Å².